The van der Waals surface area contributed by atoms with Crippen molar-refractivity contribution in [1.82, 2.24) is 35.8 Å². The molecule has 3 heterocycles. The minimum atomic E-state index is -0.335. The van der Waals surface area contributed by atoms with E-state index in [2.05, 4.69) is 31.1 Å². The lowest BCUT2D eigenvalue weighted by molar-refractivity contribution is 0.0941. The van der Waals surface area contributed by atoms with E-state index in [1.54, 1.807) is 29.1 Å². The van der Waals surface area contributed by atoms with Crippen molar-refractivity contribution < 1.29 is 9.32 Å². The standard InChI is InChI=1S/C17H18ClN7O2.ClH/c18-12-3-1-2-11(8-12)16-21-15(27-23-16)9-20-17(26)14-10-25(24-22-14)13-4-6-19-7-5-13;/h1-3,8,10,13,19H,4-7,9H2,(H,20,26);1H. The van der Waals surface area contributed by atoms with Crippen LogP contribution < -0.4 is 10.6 Å². The maximum atomic E-state index is 12.3. The SMILES string of the molecule is Cl.O=C(NCc1nc(-c2cccc(Cl)c2)no1)c1cn(C2CCNCC2)nn1. The van der Waals surface area contributed by atoms with Gasteiger partial charge in [-0.05, 0) is 38.1 Å². The van der Waals surface area contributed by atoms with Gasteiger partial charge in [0, 0.05) is 10.6 Å². The fourth-order valence-corrected chi connectivity index (χ4v) is 3.14. The first kappa shape index (κ1) is 20.2. The Bertz CT molecular complexity index is 937. The largest absolute Gasteiger partial charge is 0.342 e. The third kappa shape index (κ3) is 4.67. The van der Waals surface area contributed by atoms with E-state index in [-0.39, 0.29) is 36.6 Å². The highest BCUT2D eigenvalue weighted by Crippen LogP contribution is 2.20. The van der Waals surface area contributed by atoms with Gasteiger partial charge in [0.2, 0.25) is 11.7 Å². The first-order chi connectivity index (χ1) is 13.2. The number of piperidine rings is 1. The Kier molecular flexibility index (Phi) is 6.61. The van der Waals surface area contributed by atoms with Crippen molar-refractivity contribution in [3.63, 3.8) is 0 Å². The van der Waals surface area contributed by atoms with Gasteiger partial charge in [-0.2, -0.15) is 4.98 Å². The van der Waals surface area contributed by atoms with Crippen molar-refractivity contribution in [2.75, 3.05) is 13.1 Å². The zero-order valence-electron chi connectivity index (χ0n) is 14.8. The summed E-state index contributed by atoms with van der Waals surface area (Å²) >= 11 is 5.97. The number of rotatable bonds is 5. The smallest absolute Gasteiger partial charge is 0.273 e. The molecule has 0 atom stereocenters. The highest BCUT2D eigenvalue weighted by molar-refractivity contribution is 6.30. The Balaban J connectivity index is 0.00000225. The predicted octanol–water partition coefficient (Wildman–Crippen LogP) is 2.26. The molecule has 2 N–H and O–H groups in total. The monoisotopic (exact) mass is 423 g/mol. The van der Waals surface area contributed by atoms with Crippen molar-refractivity contribution >= 4 is 29.9 Å². The van der Waals surface area contributed by atoms with Crippen molar-refractivity contribution in [3.05, 3.63) is 47.1 Å². The average Bonchev–Trinajstić information content (AvgIpc) is 3.37. The average molecular weight is 424 g/mol. The Labute approximate surface area is 172 Å². The lowest BCUT2D eigenvalue weighted by Crippen LogP contribution is -2.29. The Hall–Kier alpha value is -2.49. The number of hydrogen-bond donors (Lipinski definition) is 2. The minimum Gasteiger partial charge on any atom is -0.342 e. The summed E-state index contributed by atoms with van der Waals surface area (Å²) in [5.74, 6) is 0.375. The van der Waals surface area contributed by atoms with Crippen LogP contribution in [0.5, 0.6) is 0 Å². The van der Waals surface area contributed by atoms with E-state index in [9.17, 15) is 4.79 Å². The van der Waals surface area contributed by atoms with E-state index in [1.807, 2.05) is 6.07 Å². The summed E-state index contributed by atoms with van der Waals surface area (Å²) in [5.41, 5.74) is 1.01. The molecule has 9 nitrogen and oxygen atoms in total. The van der Waals surface area contributed by atoms with Crippen LogP contribution in [-0.2, 0) is 6.54 Å². The number of hydrogen-bond acceptors (Lipinski definition) is 7. The topological polar surface area (TPSA) is 111 Å². The van der Waals surface area contributed by atoms with Crippen LogP contribution >= 0.6 is 24.0 Å². The van der Waals surface area contributed by atoms with Crippen LogP contribution in [0.3, 0.4) is 0 Å². The molecule has 0 bridgehead atoms. The number of amides is 1. The predicted molar refractivity (Wildman–Crippen MR) is 104 cm³/mol. The van der Waals surface area contributed by atoms with Gasteiger partial charge in [0.15, 0.2) is 5.69 Å². The molecule has 28 heavy (non-hydrogen) atoms. The van der Waals surface area contributed by atoms with Crippen LogP contribution in [0, 0.1) is 0 Å². The second kappa shape index (κ2) is 9.13. The summed E-state index contributed by atoms with van der Waals surface area (Å²) < 4.78 is 6.94. The molecule has 0 aliphatic carbocycles. The highest BCUT2D eigenvalue weighted by atomic mass is 35.5. The summed E-state index contributed by atoms with van der Waals surface area (Å²) in [7, 11) is 0. The number of benzene rings is 1. The second-order valence-electron chi connectivity index (χ2n) is 6.27. The van der Waals surface area contributed by atoms with E-state index in [1.165, 1.54) is 0 Å². The molecule has 0 saturated carbocycles. The van der Waals surface area contributed by atoms with Gasteiger partial charge < -0.3 is 15.2 Å². The summed E-state index contributed by atoms with van der Waals surface area (Å²) in [6, 6.07) is 7.42. The number of nitrogens with zero attached hydrogens (tertiary/aromatic N) is 5. The summed E-state index contributed by atoms with van der Waals surface area (Å²) in [6.07, 6.45) is 3.62. The van der Waals surface area contributed by atoms with Gasteiger partial charge in [-0.25, -0.2) is 4.68 Å². The molecule has 0 unspecified atom stereocenters. The van der Waals surface area contributed by atoms with Crippen LogP contribution in [0.25, 0.3) is 11.4 Å². The molecule has 3 aromatic rings. The van der Waals surface area contributed by atoms with Crippen LogP contribution in [0.2, 0.25) is 5.02 Å². The molecule has 1 fully saturated rings. The van der Waals surface area contributed by atoms with Gasteiger partial charge in [0.25, 0.3) is 5.91 Å². The Morgan fingerprint density at radius 2 is 2.18 bits per heavy atom. The summed E-state index contributed by atoms with van der Waals surface area (Å²) in [5, 5.41) is 18.6. The van der Waals surface area contributed by atoms with Crippen LogP contribution in [0.15, 0.2) is 35.0 Å². The molecule has 0 spiro atoms. The van der Waals surface area contributed by atoms with Crippen molar-refractivity contribution in [1.29, 1.82) is 0 Å². The molecular formula is C17H19Cl2N7O2. The van der Waals surface area contributed by atoms with Crippen LogP contribution in [0.1, 0.15) is 35.3 Å². The zero-order valence-corrected chi connectivity index (χ0v) is 16.4. The zero-order chi connectivity index (χ0) is 18.6. The first-order valence-electron chi connectivity index (χ1n) is 8.68. The molecule has 1 amide bonds. The quantitative estimate of drug-likeness (QED) is 0.646. The van der Waals surface area contributed by atoms with Gasteiger partial charge in [-0.15, -0.1) is 17.5 Å². The Morgan fingerprint density at radius 1 is 1.36 bits per heavy atom. The number of halogens is 2. The fraction of sp³-hybridized carbons (Fsp3) is 0.353. The number of aromatic nitrogens is 5. The van der Waals surface area contributed by atoms with E-state index in [4.69, 9.17) is 16.1 Å². The van der Waals surface area contributed by atoms with E-state index in [0.29, 0.717) is 16.7 Å². The van der Waals surface area contributed by atoms with Crippen molar-refractivity contribution in [2.45, 2.75) is 25.4 Å². The van der Waals surface area contributed by atoms with E-state index < -0.39 is 0 Å². The third-order valence-corrected chi connectivity index (χ3v) is 4.61. The van der Waals surface area contributed by atoms with Crippen molar-refractivity contribution in [3.8, 4) is 11.4 Å². The van der Waals surface area contributed by atoms with Gasteiger partial charge >= 0.3 is 0 Å². The second-order valence-corrected chi connectivity index (χ2v) is 6.71. The molecule has 2 aromatic heterocycles. The lowest BCUT2D eigenvalue weighted by atomic mass is 10.1. The van der Waals surface area contributed by atoms with Gasteiger partial charge in [-0.1, -0.05) is 34.1 Å². The molecule has 1 aliphatic heterocycles. The molecule has 4 rings (SSSR count). The van der Waals surface area contributed by atoms with Crippen LogP contribution in [-0.4, -0.2) is 44.1 Å². The van der Waals surface area contributed by atoms with E-state index >= 15 is 0 Å². The lowest BCUT2D eigenvalue weighted by Gasteiger charge is -2.22. The molecular weight excluding hydrogens is 405 g/mol. The molecule has 0 radical (unpaired) electrons. The Morgan fingerprint density at radius 3 is 2.96 bits per heavy atom. The van der Waals surface area contributed by atoms with Crippen molar-refractivity contribution in [2.24, 2.45) is 0 Å². The number of nitrogens with one attached hydrogen (secondary N) is 2. The molecule has 148 valence electrons. The van der Waals surface area contributed by atoms with Crippen LogP contribution in [0.4, 0.5) is 0 Å². The molecule has 1 saturated heterocycles. The van der Waals surface area contributed by atoms with Gasteiger partial charge in [0.05, 0.1) is 18.8 Å². The number of carbonyl (C=O) groups is 1. The maximum Gasteiger partial charge on any atom is 0.273 e. The molecule has 11 heteroatoms. The molecule has 1 aromatic carbocycles. The maximum absolute atomic E-state index is 12.3. The van der Waals surface area contributed by atoms with Gasteiger partial charge in [0.1, 0.15) is 0 Å². The normalized spacial score (nSPS) is 14.5. The minimum absolute atomic E-state index is 0. The molecule has 1 aliphatic rings. The summed E-state index contributed by atoms with van der Waals surface area (Å²) in [4.78, 5) is 16.6. The third-order valence-electron chi connectivity index (χ3n) is 4.38. The van der Waals surface area contributed by atoms with Gasteiger partial charge in [-0.3, -0.25) is 4.79 Å². The first-order valence-corrected chi connectivity index (χ1v) is 9.06. The van der Waals surface area contributed by atoms with E-state index in [0.717, 1.165) is 31.5 Å². The number of carbonyl (C=O) groups excluding carboxylic acids is 1. The fourth-order valence-electron chi connectivity index (χ4n) is 2.95. The highest BCUT2D eigenvalue weighted by Gasteiger charge is 2.19. The summed E-state index contributed by atoms with van der Waals surface area (Å²) in [6.45, 7) is 1.99.